The number of ether oxygens (including phenoxy) is 3. The highest BCUT2D eigenvalue weighted by Gasteiger charge is 2.40. The molecule has 0 atom stereocenters. The van der Waals surface area contributed by atoms with Crippen LogP contribution < -0.4 is 14.8 Å². The standard InChI is InChI=1S/C26H31N3O5/c1-17-5-7-20(18(2)15-17)23-24(27-21-16-19(32-3)6-8-22(21)33-4)26(31)29(25(23)30)10-9-28-11-13-34-14-12-28/h5-8,15-16,27H,9-14H2,1-4H3. The van der Waals surface area contributed by atoms with Crippen molar-refractivity contribution in [2.75, 3.05) is 58.9 Å². The molecule has 4 rings (SSSR count). The zero-order valence-electron chi connectivity index (χ0n) is 20.1. The lowest BCUT2D eigenvalue weighted by atomic mass is 9.97. The summed E-state index contributed by atoms with van der Waals surface area (Å²) in [7, 11) is 3.13. The molecule has 2 aromatic rings. The molecule has 0 spiro atoms. The maximum atomic E-state index is 13.6. The number of rotatable bonds is 8. The Morgan fingerprint density at radius 2 is 1.71 bits per heavy atom. The Hall–Kier alpha value is -3.36. The quantitative estimate of drug-likeness (QED) is 0.601. The first-order chi connectivity index (χ1) is 16.4. The lowest BCUT2D eigenvalue weighted by Crippen LogP contribution is -2.43. The van der Waals surface area contributed by atoms with E-state index in [1.54, 1.807) is 32.4 Å². The number of benzene rings is 2. The maximum Gasteiger partial charge on any atom is 0.278 e. The van der Waals surface area contributed by atoms with Gasteiger partial charge in [0.1, 0.15) is 17.2 Å². The van der Waals surface area contributed by atoms with Gasteiger partial charge in [0.2, 0.25) is 0 Å². The number of hydrogen-bond donors (Lipinski definition) is 1. The normalized spacial score (nSPS) is 16.9. The van der Waals surface area contributed by atoms with Gasteiger partial charge in [0.15, 0.2) is 0 Å². The highest BCUT2D eigenvalue weighted by atomic mass is 16.5. The van der Waals surface area contributed by atoms with Crippen molar-refractivity contribution in [3.05, 3.63) is 58.8 Å². The van der Waals surface area contributed by atoms with Gasteiger partial charge in [-0.1, -0.05) is 23.8 Å². The summed E-state index contributed by atoms with van der Waals surface area (Å²) >= 11 is 0. The van der Waals surface area contributed by atoms with Crippen LogP contribution in [0.3, 0.4) is 0 Å². The van der Waals surface area contributed by atoms with E-state index in [1.807, 2.05) is 32.0 Å². The molecular formula is C26H31N3O5. The molecule has 2 heterocycles. The van der Waals surface area contributed by atoms with Crippen LogP contribution in [-0.4, -0.2) is 75.2 Å². The van der Waals surface area contributed by atoms with E-state index < -0.39 is 0 Å². The Morgan fingerprint density at radius 3 is 2.38 bits per heavy atom. The summed E-state index contributed by atoms with van der Waals surface area (Å²) < 4.78 is 16.2. The number of amides is 2. The molecule has 8 heteroatoms. The first kappa shape index (κ1) is 23.8. The summed E-state index contributed by atoms with van der Waals surface area (Å²) in [6.45, 7) is 7.78. The fraction of sp³-hybridized carbons (Fsp3) is 0.385. The number of nitrogens with one attached hydrogen (secondary N) is 1. The van der Waals surface area contributed by atoms with Crippen molar-refractivity contribution in [3.63, 3.8) is 0 Å². The Labute approximate surface area is 200 Å². The second-order valence-corrected chi connectivity index (χ2v) is 8.48. The van der Waals surface area contributed by atoms with E-state index in [2.05, 4.69) is 10.2 Å². The van der Waals surface area contributed by atoms with Gasteiger partial charge >= 0.3 is 0 Å². The molecule has 0 aromatic heterocycles. The predicted octanol–water partition coefficient (Wildman–Crippen LogP) is 2.84. The average Bonchev–Trinajstić information content (AvgIpc) is 3.07. The second kappa shape index (κ2) is 10.3. The SMILES string of the molecule is COc1ccc(OC)c(NC2=C(c3ccc(C)cc3C)C(=O)N(CCN3CCOCC3)C2=O)c1. The van der Waals surface area contributed by atoms with Gasteiger partial charge in [-0.2, -0.15) is 0 Å². The van der Waals surface area contributed by atoms with Crippen LogP contribution in [0.1, 0.15) is 16.7 Å². The summed E-state index contributed by atoms with van der Waals surface area (Å²) in [6, 6.07) is 11.2. The van der Waals surface area contributed by atoms with Crippen molar-refractivity contribution >= 4 is 23.1 Å². The number of aryl methyl sites for hydroxylation is 2. The van der Waals surface area contributed by atoms with Crippen molar-refractivity contribution < 1.29 is 23.8 Å². The van der Waals surface area contributed by atoms with Crippen molar-refractivity contribution in [1.82, 2.24) is 9.80 Å². The van der Waals surface area contributed by atoms with Crippen molar-refractivity contribution in [3.8, 4) is 11.5 Å². The van der Waals surface area contributed by atoms with Crippen LogP contribution in [-0.2, 0) is 14.3 Å². The zero-order chi connectivity index (χ0) is 24.2. The second-order valence-electron chi connectivity index (χ2n) is 8.48. The van der Waals surface area contributed by atoms with Crippen molar-refractivity contribution in [2.45, 2.75) is 13.8 Å². The van der Waals surface area contributed by atoms with Crippen LogP contribution in [0.2, 0.25) is 0 Å². The van der Waals surface area contributed by atoms with Gasteiger partial charge in [-0.25, -0.2) is 0 Å². The number of nitrogens with zero attached hydrogens (tertiary/aromatic N) is 2. The van der Waals surface area contributed by atoms with E-state index >= 15 is 0 Å². The Morgan fingerprint density at radius 1 is 0.941 bits per heavy atom. The molecule has 8 nitrogen and oxygen atoms in total. The Balaban J connectivity index is 1.71. The van der Waals surface area contributed by atoms with Crippen LogP contribution in [0, 0.1) is 13.8 Å². The third kappa shape index (κ3) is 4.78. The fourth-order valence-corrected chi connectivity index (χ4v) is 4.35. The molecule has 0 aliphatic carbocycles. The van der Waals surface area contributed by atoms with Crippen LogP contribution in [0.4, 0.5) is 5.69 Å². The summed E-state index contributed by atoms with van der Waals surface area (Å²) in [6.07, 6.45) is 0. The van der Waals surface area contributed by atoms with Gasteiger partial charge in [-0.3, -0.25) is 19.4 Å². The smallest absolute Gasteiger partial charge is 0.278 e. The summed E-state index contributed by atoms with van der Waals surface area (Å²) in [5.41, 5.74) is 3.92. The molecule has 2 amide bonds. The topological polar surface area (TPSA) is 80.3 Å². The predicted molar refractivity (Wildman–Crippen MR) is 130 cm³/mol. The molecule has 0 radical (unpaired) electrons. The molecule has 2 aromatic carbocycles. The molecule has 1 fully saturated rings. The van der Waals surface area contributed by atoms with Gasteiger partial charge in [-0.05, 0) is 37.1 Å². The number of hydrogen-bond acceptors (Lipinski definition) is 7. The monoisotopic (exact) mass is 465 g/mol. The lowest BCUT2D eigenvalue weighted by molar-refractivity contribution is -0.137. The van der Waals surface area contributed by atoms with E-state index in [0.717, 1.165) is 29.8 Å². The number of morpholine rings is 1. The molecule has 0 unspecified atom stereocenters. The molecular weight excluding hydrogens is 434 g/mol. The van der Waals surface area contributed by atoms with Gasteiger partial charge < -0.3 is 19.5 Å². The number of carbonyl (C=O) groups is 2. The summed E-state index contributed by atoms with van der Waals surface area (Å²) in [4.78, 5) is 30.7. The summed E-state index contributed by atoms with van der Waals surface area (Å²) in [5.74, 6) is 0.505. The number of imide groups is 1. The van der Waals surface area contributed by atoms with Crippen LogP contribution in [0.5, 0.6) is 11.5 Å². The van der Waals surface area contributed by atoms with Crippen LogP contribution in [0.25, 0.3) is 5.57 Å². The van der Waals surface area contributed by atoms with E-state index in [-0.39, 0.29) is 17.5 Å². The van der Waals surface area contributed by atoms with E-state index in [0.29, 0.717) is 49.1 Å². The fourth-order valence-electron chi connectivity index (χ4n) is 4.35. The van der Waals surface area contributed by atoms with E-state index in [4.69, 9.17) is 14.2 Å². The van der Waals surface area contributed by atoms with Crippen molar-refractivity contribution in [2.24, 2.45) is 0 Å². The third-order valence-corrected chi connectivity index (χ3v) is 6.23. The molecule has 0 bridgehead atoms. The molecule has 2 aliphatic heterocycles. The molecule has 1 saturated heterocycles. The highest BCUT2D eigenvalue weighted by Crippen LogP contribution is 2.36. The van der Waals surface area contributed by atoms with Crippen LogP contribution >= 0.6 is 0 Å². The minimum absolute atomic E-state index is 0.241. The maximum absolute atomic E-state index is 13.6. The zero-order valence-corrected chi connectivity index (χ0v) is 20.1. The number of anilines is 1. The lowest BCUT2D eigenvalue weighted by Gasteiger charge is -2.28. The highest BCUT2D eigenvalue weighted by molar-refractivity contribution is 6.36. The molecule has 34 heavy (non-hydrogen) atoms. The Kier molecular flexibility index (Phi) is 7.19. The average molecular weight is 466 g/mol. The van der Waals surface area contributed by atoms with Crippen molar-refractivity contribution in [1.29, 1.82) is 0 Å². The minimum Gasteiger partial charge on any atom is -0.497 e. The van der Waals surface area contributed by atoms with E-state index in [9.17, 15) is 9.59 Å². The molecule has 2 aliphatic rings. The van der Waals surface area contributed by atoms with Gasteiger partial charge in [-0.15, -0.1) is 0 Å². The first-order valence-electron chi connectivity index (χ1n) is 11.4. The largest absolute Gasteiger partial charge is 0.497 e. The first-order valence-corrected chi connectivity index (χ1v) is 11.4. The van der Waals surface area contributed by atoms with Gasteiger partial charge in [0.05, 0.1) is 38.7 Å². The minimum atomic E-state index is -0.349. The summed E-state index contributed by atoms with van der Waals surface area (Å²) in [5, 5.41) is 3.20. The van der Waals surface area contributed by atoms with Gasteiger partial charge in [0.25, 0.3) is 11.8 Å². The van der Waals surface area contributed by atoms with Crippen LogP contribution in [0.15, 0.2) is 42.1 Å². The van der Waals surface area contributed by atoms with E-state index in [1.165, 1.54) is 4.90 Å². The third-order valence-electron chi connectivity index (χ3n) is 6.23. The van der Waals surface area contributed by atoms with Gasteiger partial charge in [0, 0.05) is 32.2 Å². The molecule has 0 saturated carbocycles. The Bertz CT molecular complexity index is 1120. The number of carbonyl (C=O) groups excluding carboxylic acids is 2. The molecule has 1 N–H and O–H groups in total. The number of methoxy groups -OCH3 is 2. The molecule has 180 valence electrons.